The fourth-order valence-electron chi connectivity index (χ4n) is 2.38. The molecular formula is C17H27NO2. The third-order valence-electron chi connectivity index (χ3n) is 3.57. The van der Waals surface area contributed by atoms with E-state index >= 15 is 0 Å². The molecule has 0 bridgehead atoms. The molecule has 1 rings (SSSR count). The van der Waals surface area contributed by atoms with Crippen LogP contribution in [0.2, 0.25) is 0 Å². The molecule has 0 fully saturated rings. The minimum atomic E-state index is -0.915. The summed E-state index contributed by atoms with van der Waals surface area (Å²) in [7, 11) is 0. The molecule has 0 aromatic carbocycles. The first-order valence-corrected chi connectivity index (χ1v) is 7.93. The number of rotatable bonds is 12. The molecule has 112 valence electrons. The zero-order valence-corrected chi connectivity index (χ0v) is 12.4. The number of aliphatic carboxylic acids is 1. The predicted molar refractivity (Wildman–Crippen MR) is 77.8 cm³/mol. The highest BCUT2D eigenvalue weighted by Gasteiger charge is 1.98. The van der Waals surface area contributed by atoms with Crippen LogP contribution in [0.25, 0.3) is 0 Å². The first-order valence-electron chi connectivity index (χ1n) is 7.93. The zero-order chi connectivity index (χ0) is 14.5. The van der Waals surface area contributed by atoms with Crippen LogP contribution < -0.4 is 9.67 Å². The Morgan fingerprint density at radius 2 is 1.25 bits per heavy atom. The maximum atomic E-state index is 10.2. The zero-order valence-electron chi connectivity index (χ0n) is 12.4. The van der Waals surface area contributed by atoms with Crippen LogP contribution in [-0.2, 0) is 11.3 Å². The van der Waals surface area contributed by atoms with Crippen molar-refractivity contribution in [1.29, 1.82) is 0 Å². The molecule has 0 saturated carbocycles. The van der Waals surface area contributed by atoms with Crippen molar-refractivity contribution in [3.05, 3.63) is 30.6 Å². The molecule has 0 aliphatic rings. The number of pyridine rings is 1. The Hall–Kier alpha value is -1.38. The van der Waals surface area contributed by atoms with E-state index in [1.54, 1.807) is 0 Å². The van der Waals surface area contributed by atoms with Gasteiger partial charge in [-0.15, -0.1) is 0 Å². The minimum absolute atomic E-state index is 0.219. The third-order valence-corrected chi connectivity index (χ3v) is 3.57. The molecule has 0 aliphatic heterocycles. The van der Waals surface area contributed by atoms with Crippen molar-refractivity contribution in [3.8, 4) is 0 Å². The lowest BCUT2D eigenvalue weighted by Gasteiger charge is -2.03. The number of unbranched alkanes of at least 4 members (excludes halogenated alkanes) is 8. The predicted octanol–water partition coefficient (Wildman–Crippen LogP) is 2.62. The summed E-state index contributed by atoms with van der Waals surface area (Å²) in [5, 5.41) is 10.2. The Kier molecular flexibility index (Phi) is 9.54. The van der Waals surface area contributed by atoms with Crippen LogP contribution >= 0.6 is 0 Å². The van der Waals surface area contributed by atoms with Gasteiger partial charge in [0.05, 0.1) is 0 Å². The number of hydrogen-bond donors (Lipinski definition) is 0. The number of carbonyl (C=O) groups excluding carboxylic acids is 1. The average Bonchev–Trinajstić information content (AvgIpc) is 2.45. The summed E-state index contributed by atoms with van der Waals surface area (Å²) >= 11 is 0. The maximum Gasteiger partial charge on any atom is 0.168 e. The number of nitrogens with zero attached hydrogens (tertiary/aromatic N) is 1. The van der Waals surface area contributed by atoms with E-state index in [0.717, 1.165) is 25.8 Å². The van der Waals surface area contributed by atoms with Crippen LogP contribution in [0, 0.1) is 0 Å². The second-order valence-corrected chi connectivity index (χ2v) is 5.42. The van der Waals surface area contributed by atoms with E-state index in [-0.39, 0.29) is 6.42 Å². The molecule has 0 spiro atoms. The van der Waals surface area contributed by atoms with Gasteiger partial charge in [-0.1, -0.05) is 44.6 Å². The molecular weight excluding hydrogens is 250 g/mol. The second-order valence-electron chi connectivity index (χ2n) is 5.42. The van der Waals surface area contributed by atoms with Gasteiger partial charge in [-0.25, -0.2) is 4.57 Å². The molecule has 1 aromatic heterocycles. The molecule has 0 aliphatic carbocycles. The van der Waals surface area contributed by atoms with Crippen LogP contribution in [0.3, 0.4) is 0 Å². The fraction of sp³-hybridized carbons (Fsp3) is 0.647. The fourth-order valence-corrected chi connectivity index (χ4v) is 2.38. The van der Waals surface area contributed by atoms with Crippen molar-refractivity contribution >= 4 is 5.97 Å². The number of carbonyl (C=O) groups is 1. The Morgan fingerprint density at radius 1 is 0.750 bits per heavy atom. The van der Waals surface area contributed by atoms with E-state index in [0.29, 0.717) is 0 Å². The Balaban J connectivity index is 1.80. The first-order chi connectivity index (χ1) is 9.79. The van der Waals surface area contributed by atoms with E-state index in [2.05, 4.69) is 29.1 Å². The summed E-state index contributed by atoms with van der Waals surface area (Å²) in [6.45, 7) is 1.12. The SMILES string of the molecule is O=C([O-])CCCCCCCCCCC[n+]1ccccc1. The Morgan fingerprint density at radius 3 is 1.80 bits per heavy atom. The smallest absolute Gasteiger partial charge is 0.168 e. The molecule has 1 aromatic rings. The number of carboxylic acid groups (broad SMARTS) is 1. The molecule has 20 heavy (non-hydrogen) atoms. The largest absolute Gasteiger partial charge is 0.550 e. The molecule has 1 heterocycles. The molecule has 0 N–H and O–H groups in total. The van der Waals surface area contributed by atoms with Crippen molar-refractivity contribution in [2.45, 2.75) is 70.8 Å². The van der Waals surface area contributed by atoms with Crippen LogP contribution in [0.4, 0.5) is 0 Å². The summed E-state index contributed by atoms with van der Waals surface area (Å²) < 4.78 is 2.23. The summed E-state index contributed by atoms with van der Waals surface area (Å²) in [6.07, 6.45) is 15.1. The van der Waals surface area contributed by atoms with Crippen LogP contribution in [-0.4, -0.2) is 5.97 Å². The van der Waals surface area contributed by atoms with Crippen LogP contribution in [0.1, 0.15) is 64.2 Å². The molecule has 0 saturated heterocycles. The lowest BCUT2D eigenvalue weighted by Crippen LogP contribution is -2.32. The topological polar surface area (TPSA) is 44.0 Å². The van der Waals surface area contributed by atoms with Crippen molar-refractivity contribution in [3.63, 3.8) is 0 Å². The van der Waals surface area contributed by atoms with Gasteiger partial charge in [0.1, 0.15) is 6.54 Å². The highest BCUT2D eigenvalue weighted by molar-refractivity contribution is 5.63. The van der Waals surface area contributed by atoms with Gasteiger partial charge in [-0.3, -0.25) is 0 Å². The van der Waals surface area contributed by atoms with Gasteiger partial charge in [0.25, 0.3) is 0 Å². The Bertz CT molecular complexity index is 351. The van der Waals surface area contributed by atoms with E-state index in [9.17, 15) is 9.90 Å². The van der Waals surface area contributed by atoms with E-state index in [4.69, 9.17) is 0 Å². The monoisotopic (exact) mass is 277 g/mol. The van der Waals surface area contributed by atoms with Gasteiger partial charge in [0, 0.05) is 24.5 Å². The lowest BCUT2D eigenvalue weighted by molar-refractivity contribution is -0.697. The number of aryl methyl sites for hydroxylation is 1. The van der Waals surface area contributed by atoms with Gasteiger partial charge in [0.2, 0.25) is 0 Å². The van der Waals surface area contributed by atoms with Gasteiger partial charge in [-0.05, 0) is 19.3 Å². The molecule has 0 atom stereocenters. The summed E-state index contributed by atoms with van der Waals surface area (Å²) in [6, 6.07) is 6.18. The molecule has 3 heteroatoms. The number of aromatic nitrogens is 1. The highest BCUT2D eigenvalue weighted by Crippen LogP contribution is 2.10. The normalized spacial score (nSPS) is 10.6. The van der Waals surface area contributed by atoms with Gasteiger partial charge in [-0.2, -0.15) is 0 Å². The Labute approximate surface area is 122 Å². The van der Waals surface area contributed by atoms with Gasteiger partial charge < -0.3 is 9.90 Å². The molecule has 3 nitrogen and oxygen atoms in total. The highest BCUT2D eigenvalue weighted by atomic mass is 16.4. The lowest BCUT2D eigenvalue weighted by atomic mass is 10.1. The summed E-state index contributed by atoms with van der Waals surface area (Å²) in [5.74, 6) is -0.915. The second kappa shape index (κ2) is 11.4. The van der Waals surface area contributed by atoms with Crippen molar-refractivity contribution in [2.75, 3.05) is 0 Å². The molecule has 0 amide bonds. The van der Waals surface area contributed by atoms with Gasteiger partial charge in [0.15, 0.2) is 12.4 Å². The first kappa shape index (κ1) is 16.7. The van der Waals surface area contributed by atoms with E-state index < -0.39 is 5.97 Å². The van der Waals surface area contributed by atoms with Gasteiger partial charge >= 0.3 is 0 Å². The van der Waals surface area contributed by atoms with Crippen molar-refractivity contribution in [2.24, 2.45) is 0 Å². The van der Waals surface area contributed by atoms with Crippen molar-refractivity contribution < 1.29 is 14.5 Å². The van der Waals surface area contributed by atoms with Crippen LogP contribution in [0.15, 0.2) is 30.6 Å². The average molecular weight is 277 g/mol. The standard InChI is InChI=1S/C17H27NO2/c19-17(20)13-9-6-4-2-1-3-5-7-10-14-18-15-11-8-12-16-18/h8,11-12,15-16H,1-7,9-10,13-14H2. The van der Waals surface area contributed by atoms with Crippen molar-refractivity contribution in [1.82, 2.24) is 0 Å². The molecule has 0 unspecified atom stereocenters. The molecule has 0 radical (unpaired) electrons. The summed E-state index contributed by atoms with van der Waals surface area (Å²) in [5.41, 5.74) is 0. The number of hydrogen-bond acceptors (Lipinski definition) is 2. The maximum absolute atomic E-state index is 10.2. The van der Waals surface area contributed by atoms with Crippen LogP contribution in [0.5, 0.6) is 0 Å². The quantitative estimate of drug-likeness (QED) is 0.435. The third kappa shape index (κ3) is 9.54. The van der Waals surface area contributed by atoms with E-state index in [1.807, 2.05) is 6.07 Å². The summed E-state index contributed by atoms with van der Waals surface area (Å²) in [4.78, 5) is 10.2. The number of carboxylic acids is 1. The minimum Gasteiger partial charge on any atom is -0.550 e. The van der Waals surface area contributed by atoms with E-state index in [1.165, 1.54) is 38.5 Å².